The van der Waals surface area contributed by atoms with Crippen molar-refractivity contribution in [3.05, 3.63) is 64.4 Å². The number of hydrogen-bond donors (Lipinski definition) is 1. The maximum Gasteiger partial charge on any atom is 0.251 e. The van der Waals surface area contributed by atoms with Gasteiger partial charge in [0.15, 0.2) is 0 Å². The molecule has 0 saturated carbocycles. The van der Waals surface area contributed by atoms with Gasteiger partial charge in [0.1, 0.15) is 10.7 Å². The van der Waals surface area contributed by atoms with E-state index in [1.54, 1.807) is 12.1 Å². The third kappa shape index (κ3) is 5.56. The minimum Gasteiger partial charge on any atom is -0.352 e. The Bertz CT molecular complexity index is 958. The van der Waals surface area contributed by atoms with Crippen LogP contribution in [0.3, 0.4) is 0 Å². The van der Waals surface area contributed by atoms with Crippen LogP contribution >= 0.6 is 11.6 Å². The monoisotopic (exact) mass is 438 g/mol. The largest absolute Gasteiger partial charge is 0.352 e. The maximum atomic E-state index is 12.9. The molecule has 0 radical (unpaired) electrons. The summed E-state index contributed by atoms with van der Waals surface area (Å²) < 4.78 is 40.2. The van der Waals surface area contributed by atoms with E-state index >= 15 is 0 Å². The zero-order valence-electron chi connectivity index (χ0n) is 16.0. The van der Waals surface area contributed by atoms with Gasteiger partial charge in [-0.3, -0.25) is 4.79 Å². The van der Waals surface area contributed by atoms with Crippen LogP contribution in [0, 0.1) is 5.82 Å². The van der Waals surface area contributed by atoms with E-state index in [4.69, 9.17) is 11.6 Å². The lowest BCUT2D eigenvalue weighted by Crippen LogP contribution is -2.36. The first-order valence-electron chi connectivity index (χ1n) is 9.70. The summed E-state index contributed by atoms with van der Waals surface area (Å²) in [5.74, 6) is -0.629. The molecule has 3 rings (SSSR count). The van der Waals surface area contributed by atoms with Crippen LogP contribution in [0.2, 0.25) is 5.02 Å². The normalized spacial score (nSPS) is 15.2. The van der Waals surface area contributed by atoms with Gasteiger partial charge in [-0.05, 0) is 61.6 Å². The Hall–Kier alpha value is -1.96. The van der Waals surface area contributed by atoms with E-state index in [-0.39, 0.29) is 27.2 Å². The molecule has 2 aromatic rings. The summed E-state index contributed by atoms with van der Waals surface area (Å²) in [4.78, 5) is 12.4. The highest BCUT2D eigenvalue weighted by atomic mass is 35.5. The second-order valence-electron chi connectivity index (χ2n) is 7.10. The Morgan fingerprint density at radius 1 is 1.07 bits per heavy atom. The number of halogens is 2. The summed E-state index contributed by atoms with van der Waals surface area (Å²) in [6.07, 6.45) is 4.05. The van der Waals surface area contributed by atoms with Crippen molar-refractivity contribution in [2.24, 2.45) is 0 Å². The molecule has 1 heterocycles. The molecule has 1 fully saturated rings. The maximum absolute atomic E-state index is 12.9. The van der Waals surface area contributed by atoms with Crippen LogP contribution in [0.25, 0.3) is 0 Å². The lowest BCUT2D eigenvalue weighted by molar-refractivity contribution is 0.0953. The molecule has 1 amide bonds. The SMILES string of the molecule is O=C(NCCCc1ccc(F)cc1)c1ccc(Cl)c(S(=O)(=O)N2CCCCC2)c1. The summed E-state index contributed by atoms with van der Waals surface area (Å²) in [7, 11) is -3.72. The molecule has 29 heavy (non-hydrogen) atoms. The van der Waals surface area contributed by atoms with Gasteiger partial charge >= 0.3 is 0 Å². The Morgan fingerprint density at radius 2 is 1.76 bits per heavy atom. The van der Waals surface area contributed by atoms with Crippen molar-refractivity contribution >= 4 is 27.5 Å². The molecular formula is C21H24ClFN2O3S. The zero-order valence-corrected chi connectivity index (χ0v) is 17.6. The third-order valence-electron chi connectivity index (χ3n) is 4.97. The van der Waals surface area contributed by atoms with Gasteiger partial charge in [0.25, 0.3) is 5.91 Å². The molecule has 0 aromatic heterocycles. The van der Waals surface area contributed by atoms with E-state index in [2.05, 4.69) is 5.32 Å². The number of amides is 1. The van der Waals surface area contributed by atoms with Crippen LogP contribution in [0.15, 0.2) is 47.4 Å². The minimum atomic E-state index is -3.72. The van der Waals surface area contributed by atoms with Crippen molar-refractivity contribution in [2.45, 2.75) is 37.0 Å². The van der Waals surface area contributed by atoms with Crippen molar-refractivity contribution in [1.29, 1.82) is 0 Å². The molecule has 1 N–H and O–H groups in total. The molecule has 0 bridgehead atoms. The van der Waals surface area contributed by atoms with Crippen LogP contribution in [0.4, 0.5) is 4.39 Å². The van der Waals surface area contributed by atoms with E-state index in [9.17, 15) is 17.6 Å². The Morgan fingerprint density at radius 3 is 2.45 bits per heavy atom. The van der Waals surface area contributed by atoms with E-state index in [0.717, 1.165) is 24.8 Å². The number of rotatable bonds is 7. The van der Waals surface area contributed by atoms with Crippen molar-refractivity contribution in [3.63, 3.8) is 0 Å². The van der Waals surface area contributed by atoms with E-state index in [1.807, 2.05) is 0 Å². The fraction of sp³-hybridized carbons (Fsp3) is 0.381. The average molecular weight is 439 g/mol. The predicted octanol–water partition coefficient (Wildman–Crippen LogP) is 4.02. The number of carbonyl (C=O) groups excluding carboxylic acids is 1. The molecule has 1 aliphatic heterocycles. The fourth-order valence-electron chi connectivity index (χ4n) is 3.33. The third-order valence-corrected chi connectivity index (χ3v) is 7.35. The fourth-order valence-corrected chi connectivity index (χ4v) is 5.35. The van der Waals surface area contributed by atoms with Gasteiger partial charge in [-0.1, -0.05) is 30.2 Å². The highest BCUT2D eigenvalue weighted by Gasteiger charge is 2.28. The Kier molecular flexibility index (Phi) is 7.27. The Labute approximate surface area is 175 Å². The summed E-state index contributed by atoms with van der Waals surface area (Å²) in [6, 6.07) is 10.6. The van der Waals surface area contributed by atoms with E-state index in [0.29, 0.717) is 32.5 Å². The number of nitrogens with zero attached hydrogens (tertiary/aromatic N) is 1. The van der Waals surface area contributed by atoms with Crippen molar-refractivity contribution in [1.82, 2.24) is 9.62 Å². The van der Waals surface area contributed by atoms with Gasteiger partial charge in [-0.25, -0.2) is 12.8 Å². The molecule has 2 aromatic carbocycles. The average Bonchev–Trinajstić information content (AvgIpc) is 2.73. The molecule has 156 valence electrons. The number of aryl methyl sites for hydroxylation is 1. The van der Waals surface area contributed by atoms with Gasteiger partial charge in [-0.2, -0.15) is 4.31 Å². The minimum absolute atomic E-state index is 0.0278. The molecule has 0 unspecified atom stereocenters. The van der Waals surface area contributed by atoms with E-state index < -0.39 is 10.0 Å². The molecule has 0 spiro atoms. The number of piperidine rings is 1. The van der Waals surface area contributed by atoms with Crippen LogP contribution in [0.1, 0.15) is 41.6 Å². The van der Waals surface area contributed by atoms with Gasteiger partial charge in [-0.15, -0.1) is 0 Å². The molecule has 5 nitrogen and oxygen atoms in total. The summed E-state index contributed by atoms with van der Waals surface area (Å²) >= 11 is 6.15. The summed E-state index contributed by atoms with van der Waals surface area (Å²) in [6.45, 7) is 1.37. The quantitative estimate of drug-likeness (QED) is 0.664. The number of nitrogens with one attached hydrogen (secondary N) is 1. The van der Waals surface area contributed by atoms with E-state index in [1.165, 1.54) is 34.6 Å². The van der Waals surface area contributed by atoms with Gasteiger partial charge < -0.3 is 5.32 Å². The Balaban J connectivity index is 1.62. The highest BCUT2D eigenvalue weighted by Crippen LogP contribution is 2.27. The van der Waals surface area contributed by atoms with Crippen LogP contribution < -0.4 is 5.32 Å². The summed E-state index contributed by atoms with van der Waals surface area (Å²) in [5.41, 5.74) is 1.24. The second-order valence-corrected chi connectivity index (χ2v) is 9.41. The van der Waals surface area contributed by atoms with Gasteiger partial charge in [0.2, 0.25) is 10.0 Å². The summed E-state index contributed by atoms with van der Waals surface area (Å²) in [5, 5.41) is 2.91. The lowest BCUT2D eigenvalue weighted by atomic mass is 10.1. The lowest BCUT2D eigenvalue weighted by Gasteiger charge is -2.26. The molecule has 1 aliphatic rings. The van der Waals surface area contributed by atoms with Gasteiger partial charge in [0, 0.05) is 25.2 Å². The number of hydrogen-bond acceptors (Lipinski definition) is 3. The first-order valence-corrected chi connectivity index (χ1v) is 11.5. The number of benzene rings is 2. The zero-order chi connectivity index (χ0) is 20.9. The second kappa shape index (κ2) is 9.69. The highest BCUT2D eigenvalue weighted by molar-refractivity contribution is 7.89. The molecule has 1 saturated heterocycles. The van der Waals surface area contributed by atoms with Crippen LogP contribution in [-0.4, -0.2) is 38.3 Å². The topological polar surface area (TPSA) is 66.5 Å². The van der Waals surface area contributed by atoms with Crippen molar-refractivity contribution < 1.29 is 17.6 Å². The van der Waals surface area contributed by atoms with Gasteiger partial charge in [0.05, 0.1) is 5.02 Å². The van der Waals surface area contributed by atoms with Crippen LogP contribution in [-0.2, 0) is 16.4 Å². The smallest absolute Gasteiger partial charge is 0.251 e. The standard InChI is InChI=1S/C21H24ClFN2O3S/c22-19-11-8-17(15-20(19)29(27,28)25-13-2-1-3-14-25)21(26)24-12-4-5-16-6-9-18(23)10-7-16/h6-11,15H,1-5,12-14H2,(H,24,26). The first kappa shape index (κ1) is 21.7. The molecule has 0 aliphatic carbocycles. The van der Waals surface area contributed by atoms with Crippen molar-refractivity contribution in [2.75, 3.05) is 19.6 Å². The van der Waals surface area contributed by atoms with Crippen molar-refractivity contribution in [3.8, 4) is 0 Å². The molecule has 8 heteroatoms. The molecular weight excluding hydrogens is 415 g/mol. The van der Waals surface area contributed by atoms with Crippen LogP contribution in [0.5, 0.6) is 0 Å². The first-order chi connectivity index (χ1) is 13.9. The molecule has 0 atom stereocenters. The number of sulfonamides is 1. The number of carbonyl (C=O) groups is 1. The predicted molar refractivity (Wildman–Crippen MR) is 111 cm³/mol.